The fourth-order valence-electron chi connectivity index (χ4n) is 8.62. The third-order valence-electron chi connectivity index (χ3n) is 11.8. The lowest BCUT2D eigenvalue weighted by Gasteiger charge is -2.47. The van der Waals surface area contributed by atoms with Crippen molar-refractivity contribution >= 4 is 11.8 Å². The lowest BCUT2D eigenvalue weighted by Crippen LogP contribution is -2.59. The maximum absolute atomic E-state index is 14.3. The van der Waals surface area contributed by atoms with Crippen LogP contribution in [0.5, 0.6) is 0 Å². The second-order valence-electron chi connectivity index (χ2n) is 16.3. The molecule has 0 aromatic carbocycles. The summed E-state index contributed by atoms with van der Waals surface area (Å²) in [5, 5.41) is 11.3. The Morgan fingerprint density at radius 3 is 2.26 bits per heavy atom. The standard InChI is InChI=1S/C36H65N3O7/c1-23-19-36(6,43-10)32(46-33-30(40)28(37(7)8)18-24(2)45-33)25(3)31(41)35(4,5)34(42)44-22-29(38(9)20-23)27-14-16-39(17-15-27)21-26-12-11-13-26/h23-30,32-33,40H,11-22H2,1-10H3/t23-,24-,25+,28+,29-,30-,32-,33+,36-/m1/s1. The summed E-state index contributed by atoms with van der Waals surface area (Å²) in [7, 11) is 7.67. The molecule has 0 amide bonds. The Hall–Kier alpha value is -1.14. The van der Waals surface area contributed by atoms with Gasteiger partial charge in [0, 0.05) is 38.2 Å². The van der Waals surface area contributed by atoms with Gasteiger partial charge < -0.3 is 33.9 Å². The number of ether oxygens (including phenoxy) is 4. The number of carbonyl (C=O) groups excluding carboxylic acids is 2. The van der Waals surface area contributed by atoms with Crippen molar-refractivity contribution in [2.24, 2.45) is 29.1 Å². The zero-order valence-electron chi connectivity index (χ0n) is 30.5. The van der Waals surface area contributed by atoms with E-state index in [1.807, 2.05) is 32.8 Å². The number of aliphatic hydroxyl groups is 1. The van der Waals surface area contributed by atoms with Crippen LogP contribution in [0.4, 0.5) is 0 Å². The van der Waals surface area contributed by atoms with Gasteiger partial charge >= 0.3 is 5.97 Å². The van der Waals surface area contributed by atoms with Crippen LogP contribution in [0.1, 0.15) is 86.5 Å². The van der Waals surface area contributed by atoms with Gasteiger partial charge in [-0.1, -0.05) is 20.3 Å². The predicted molar refractivity (Wildman–Crippen MR) is 178 cm³/mol. The fraction of sp³-hybridized carbons (Fsp3) is 0.944. The third-order valence-corrected chi connectivity index (χ3v) is 11.8. The first-order valence-electron chi connectivity index (χ1n) is 17.9. The Balaban J connectivity index is 1.59. The van der Waals surface area contributed by atoms with E-state index in [0.717, 1.165) is 38.4 Å². The number of hydrogen-bond donors (Lipinski definition) is 1. The molecular formula is C36H65N3O7. The molecule has 4 rings (SSSR count). The van der Waals surface area contributed by atoms with Crippen LogP contribution < -0.4 is 0 Å². The number of rotatable bonds is 7. The van der Waals surface area contributed by atoms with Crippen molar-refractivity contribution in [1.82, 2.24) is 14.7 Å². The van der Waals surface area contributed by atoms with Crippen LogP contribution in [-0.2, 0) is 28.5 Å². The number of likely N-dealkylation sites (tertiary alicyclic amines) is 1. The first-order valence-corrected chi connectivity index (χ1v) is 17.9. The normalized spacial score (nSPS) is 40.1. The van der Waals surface area contributed by atoms with Gasteiger partial charge in [-0.2, -0.15) is 0 Å². The summed E-state index contributed by atoms with van der Waals surface area (Å²) in [5.74, 6) is -0.0615. The van der Waals surface area contributed by atoms with E-state index >= 15 is 0 Å². The summed E-state index contributed by atoms with van der Waals surface area (Å²) in [6.07, 6.45) is 4.75. The van der Waals surface area contributed by atoms with Gasteiger partial charge in [0.05, 0.1) is 17.8 Å². The molecular weight excluding hydrogens is 586 g/mol. The number of ketones is 1. The molecule has 3 saturated heterocycles. The highest BCUT2D eigenvalue weighted by Gasteiger charge is 2.51. The average molecular weight is 652 g/mol. The van der Waals surface area contributed by atoms with Crippen LogP contribution in [-0.4, -0.2) is 135 Å². The lowest BCUT2D eigenvalue weighted by molar-refractivity contribution is -0.295. The first-order chi connectivity index (χ1) is 21.6. The molecule has 4 fully saturated rings. The minimum atomic E-state index is -1.39. The number of methoxy groups -OCH3 is 1. The van der Waals surface area contributed by atoms with Gasteiger partial charge in [0.1, 0.15) is 18.1 Å². The Morgan fingerprint density at radius 2 is 1.70 bits per heavy atom. The summed E-state index contributed by atoms with van der Waals surface area (Å²) in [4.78, 5) is 35.0. The summed E-state index contributed by atoms with van der Waals surface area (Å²) in [6.45, 7) is 15.7. The number of likely N-dealkylation sites (N-methyl/N-ethyl adjacent to an activating group) is 2. The number of piperidine rings is 1. The SMILES string of the molecule is CO[C@]1(C)C[C@@H](C)CN(C)[C@@H](C2CCN(CC3CCC3)CC2)COC(=O)C(C)(C)C(=O)[C@H](C)[C@H]1O[C@@H]1O[C@H](C)C[C@H](N(C)C)[C@H]1O. The van der Waals surface area contributed by atoms with Crippen LogP contribution in [0.25, 0.3) is 0 Å². The first kappa shape index (κ1) is 37.7. The molecule has 0 aromatic heterocycles. The molecule has 0 bridgehead atoms. The monoisotopic (exact) mass is 651 g/mol. The highest BCUT2D eigenvalue weighted by atomic mass is 16.7. The minimum Gasteiger partial charge on any atom is -0.463 e. The van der Waals surface area contributed by atoms with E-state index < -0.39 is 41.4 Å². The van der Waals surface area contributed by atoms with Crippen LogP contribution in [0.2, 0.25) is 0 Å². The van der Waals surface area contributed by atoms with Crippen molar-refractivity contribution in [3.05, 3.63) is 0 Å². The Bertz CT molecular complexity index is 1010. The number of esters is 1. The van der Waals surface area contributed by atoms with E-state index in [1.54, 1.807) is 27.9 Å². The maximum atomic E-state index is 14.3. The second-order valence-corrected chi connectivity index (χ2v) is 16.3. The molecule has 1 saturated carbocycles. The molecule has 0 unspecified atom stereocenters. The molecule has 0 aromatic rings. The van der Waals surface area contributed by atoms with E-state index in [1.165, 1.54) is 25.8 Å². The number of nitrogens with zero attached hydrogens (tertiary/aromatic N) is 3. The van der Waals surface area contributed by atoms with E-state index in [0.29, 0.717) is 18.8 Å². The Kier molecular flexibility index (Phi) is 12.8. The topological polar surface area (TPSA) is 101 Å². The lowest BCUT2D eigenvalue weighted by atomic mass is 9.74. The quantitative estimate of drug-likeness (QED) is 0.323. The molecule has 10 heteroatoms. The van der Waals surface area contributed by atoms with Gasteiger partial charge in [-0.3, -0.25) is 14.5 Å². The average Bonchev–Trinajstić information content (AvgIpc) is 2.98. The van der Waals surface area contributed by atoms with Crippen molar-refractivity contribution in [1.29, 1.82) is 0 Å². The number of aliphatic hydroxyl groups excluding tert-OH is 1. The molecule has 46 heavy (non-hydrogen) atoms. The number of hydrogen-bond acceptors (Lipinski definition) is 10. The number of carbonyl (C=O) groups is 2. The zero-order valence-corrected chi connectivity index (χ0v) is 30.5. The van der Waals surface area contributed by atoms with Crippen LogP contribution in [0, 0.1) is 29.1 Å². The van der Waals surface area contributed by atoms with Gasteiger partial charge in [0.15, 0.2) is 12.1 Å². The molecule has 1 aliphatic carbocycles. The smallest absolute Gasteiger partial charge is 0.319 e. The van der Waals surface area contributed by atoms with Crippen LogP contribution >= 0.6 is 0 Å². The van der Waals surface area contributed by atoms with Gasteiger partial charge in [0.25, 0.3) is 0 Å². The van der Waals surface area contributed by atoms with E-state index in [4.69, 9.17) is 18.9 Å². The van der Waals surface area contributed by atoms with E-state index in [-0.39, 0.29) is 36.5 Å². The van der Waals surface area contributed by atoms with Gasteiger partial charge in [-0.15, -0.1) is 0 Å². The van der Waals surface area contributed by atoms with Crippen molar-refractivity contribution in [3.8, 4) is 0 Å². The number of Topliss-reactive ketones (excluding diaryl/α,β-unsaturated/α-hetero) is 1. The fourth-order valence-corrected chi connectivity index (χ4v) is 8.62. The van der Waals surface area contributed by atoms with E-state index in [2.05, 4.69) is 23.8 Å². The highest BCUT2D eigenvalue weighted by Crippen LogP contribution is 2.39. The summed E-state index contributed by atoms with van der Waals surface area (Å²) >= 11 is 0. The largest absolute Gasteiger partial charge is 0.463 e. The predicted octanol–water partition coefficient (Wildman–Crippen LogP) is 3.83. The number of cyclic esters (lactones) is 1. The molecule has 0 spiro atoms. The summed E-state index contributed by atoms with van der Waals surface area (Å²) < 4.78 is 25.2. The van der Waals surface area contributed by atoms with Crippen molar-refractivity contribution in [2.75, 3.05) is 61.0 Å². The Labute approximate surface area is 278 Å². The molecule has 10 nitrogen and oxygen atoms in total. The van der Waals surface area contributed by atoms with Crippen molar-refractivity contribution in [2.45, 2.75) is 129 Å². The van der Waals surface area contributed by atoms with Crippen molar-refractivity contribution < 1.29 is 33.6 Å². The third kappa shape index (κ3) is 8.52. The highest BCUT2D eigenvalue weighted by molar-refractivity contribution is 6.04. The molecule has 9 atom stereocenters. The molecule has 3 aliphatic heterocycles. The molecule has 4 aliphatic rings. The van der Waals surface area contributed by atoms with Crippen molar-refractivity contribution in [3.63, 3.8) is 0 Å². The maximum Gasteiger partial charge on any atom is 0.319 e. The van der Waals surface area contributed by atoms with Gasteiger partial charge in [-0.25, -0.2) is 0 Å². The van der Waals surface area contributed by atoms with Gasteiger partial charge in [-0.05, 0) is 118 Å². The van der Waals surface area contributed by atoms with E-state index in [9.17, 15) is 14.7 Å². The zero-order chi connectivity index (χ0) is 34.0. The second kappa shape index (κ2) is 15.6. The minimum absolute atomic E-state index is 0.0671. The summed E-state index contributed by atoms with van der Waals surface area (Å²) in [5.41, 5.74) is -2.29. The van der Waals surface area contributed by atoms with Crippen LogP contribution in [0.3, 0.4) is 0 Å². The summed E-state index contributed by atoms with van der Waals surface area (Å²) in [6, 6.07) is -0.0956. The molecule has 3 heterocycles. The Morgan fingerprint density at radius 1 is 1.04 bits per heavy atom. The van der Waals surface area contributed by atoms with Gasteiger partial charge in [0.2, 0.25) is 0 Å². The van der Waals surface area contributed by atoms with Crippen LogP contribution in [0.15, 0.2) is 0 Å². The molecule has 1 N–H and O–H groups in total. The molecule has 266 valence electrons. The molecule has 0 radical (unpaired) electrons.